The summed E-state index contributed by atoms with van der Waals surface area (Å²) in [6.45, 7) is 3.04. The largest absolute Gasteiger partial charge is 0.496 e. The molecule has 1 aliphatic heterocycles. The highest BCUT2D eigenvalue weighted by atomic mass is 32.1. The van der Waals surface area contributed by atoms with Gasteiger partial charge in [0.05, 0.1) is 23.5 Å². The van der Waals surface area contributed by atoms with Gasteiger partial charge < -0.3 is 15.4 Å². The Kier molecular flexibility index (Phi) is 5.36. The van der Waals surface area contributed by atoms with E-state index in [9.17, 15) is 14.9 Å². The Morgan fingerprint density at radius 2 is 2.30 bits per heavy atom. The van der Waals surface area contributed by atoms with Crippen LogP contribution in [0.5, 0.6) is 5.75 Å². The van der Waals surface area contributed by atoms with Crippen molar-refractivity contribution in [3.05, 3.63) is 56.7 Å². The van der Waals surface area contributed by atoms with E-state index in [2.05, 4.69) is 20.7 Å². The Bertz CT molecular complexity index is 1110. The number of nitrogens with zero attached hydrogens (tertiary/aromatic N) is 4. The fraction of sp³-hybridized carbons (Fsp3) is 0.316. The van der Waals surface area contributed by atoms with Crippen molar-refractivity contribution in [2.75, 3.05) is 24.3 Å². The van der Waals surface area contributed by atoms with E-state index in [1.165, 1.54) is 28.4 Å². The number of methoxy groups -OCH3 is 1. The van der Waals surface area contributed by atoms with Crippen molar-refractivity contribution < 1.29 is 14.5 Å². The Balaban J connectivity index is 1.69. The van der Waals surface area contributed by atoms with Crippen molar-refractivity contribution in [3.63, 3.8) is 0 Å². The molecule has 0 radical (unpaired) electrons. The maximum atomic E-state index is 12.3. The highest BCUT2D eigenvalue weighted by molar-refractivity contribution is 7.16. The minimum atomic E-state index is -0.481. The first-order valence-electron chi connectivity index (χ1n) is 9.36. The zero-order valence-electron chi connectivity index (χ0n) is 16.4. The van der Waals surface area contributed by atoms with Crippen LogP contribution in [-0.2, 0) is 11.3 Å². The van der Waals surface area contributed by atoms with Crippen LogP contribution in [0.3, 0.4) is 0 Å². The van der Waals surface area contributed by atoms with Gasteiger partial charge in [-0.25, -0.2) is 4.98 Å². The quantitative estimate of drug-likeness (QED) is 0.437. The lowest BCUT2D eigenvalue weighted by Gasteiger charge is -2.22. The lowest BCUT2D eigenvalue weighted by molar-refractivity contribution is -0.385. The highest BCUT2D eigenvalue weighted by Gasteiger charge is 2.30. The smallest absolute Gasteiger partial charge is 0.307 e. The van der Waals surface area contributed by atoms with Crippen LogP contribution in [0.1, 0.15) is 35.3 Å². The lowest BCUT2D eigenvalue weighted by atomic mass is 9.90. The number of carbonyl (C=O) groups is 1. The summed E-state index contributed by atoms with van der Waals surface area (Å²) in [4.78, 5) is 28.2. The Hall–Kier alpha value is -3.47. The van der Waals surface area contributed by atoms with E-state index >= 15 is 0 Å². The Morgan fingerprint density at radius 1 is 1.47 bits per heavy atom. The molecule has 10 nitrogen and oxygen atoms in total. The number of carbonyl (C=O) groups excluding carboxylic acids is 1. The van der Waals surface area contributed by atoms with Crippen LogP contribution in [0.4, 0.5) is 16.6 Å². The monoisotopic (exact) mass is 428 g/mol. The number of benzene rings is 1. The standard InChI is InChI=1S/C19H20N6O4S/c1-3-20-19-23-18-17(30-19)14(7-16(26)22-18)11-4-5-15(29-2)12(6-11)9-24-10-13(8-21-24)25(27)28/h4-6,8,10,14H,3,7,9H2,1-2H3,(H,20,23)(H,22,26)/t14-/m1/s1. The molecule has 0 aliphatic carbocycles. The van der Waals surface area contributed by atoms with Gasteiger partial charge in [0.25, 0.3) is 0 Å². The van der Waals surface area contributed by atoms with E-state index in [4.69, 9.17) is 4.74 Å². The summed E-state index contributed by atoms with van der Waals surface area (Å²) in [5.41, 5.74) is 1.70. The zero-order valence-corrected chi connectivity index (χ0v) is 17.2. The van der Waals surface area contributed by atoms with Gasteiger partial charge in [-0.2, -0.15) is 5.10 Å². The molecule has 11 heteroatoms. The van der Waals surface area contributed by atoms with Gasteiger partial charge in [-0.15, -0.1) is 0 Å². The third kappa shape index (κ3) is 3.83. The fourth-order valence-electron chi connectivity index (χ4n) is 3.46. The number of fused-ring (bicyclic) bond motifs is 1. The van der Waals surface area contributed by atoms with Gasteiger partial charge in [-0.05, 0) is 24.6 Å². The van der Waals surface area contributed by atoms with Gasteiger partial charge in [0.1, 0.15) is 24.0 Å². The molecule has 0 spiro atoms. The Labute approximate surface area is 176 Å². The Morgan fingerprint density at radius 3 is 3.00 bits per heavy atom. The van der Waals surface area contributed by atoms with Crippen LogP contribution < -0.4 is 15.4 Å². The van der Waals surface area contributed by atoms with Crippen molar-refractivity contribution in [2.45, 2.75) is 25.8 Å². The number of thiazole rings is 1. The average molecular weight is 428 g/mol. The maximum Gasteiger partial charge on any atom is 0.307 e. The molecule has 0 fully saturated rings. The molecule has 1 aromatic carbocycles. The normalized spacial score (nSPS) is 15.4. The van der Waals surface area contributed by atoms with Crippen LogP contribution >= 0.6 is 11.3 Å². The van der Waals surface area contributed by atoms with Crippen molar-refractivity contribution >= 4 is 33.9 Å². The zero-order chi connectivity index (χ0) is 21.3. The van der Waals surface area contributed by atoms with E-state index in [1.807, 2.05) is 25.1 Å². The number of rotatable bonds is 7. The van der Waals surface area contributed by atoms with Crippen LogP contribution in [0.2, 0.25) is 0 Å². The number of nitrogens with one attached hydrogen (secondary N) is 2. The predicted octanol–water partition coefficient (Wildman–Crippen LogP) is 3.21. The maximum absolute atomic E-state index is 12.3. The number of anilines is 2. The van der Waals surface area contributed by atoms with Gasteiger partial charge in [-0.1, -0.05) is 17.4 Å². The molecule has 1 aliphatic rings. The topological polar surface area (TPSA) is 124 Å². The van der Waals surface area contributed by atoms with Gasteiger partial charge >= 0.3 is 5.69 Å². The van der Waals surface area contributed by atoms with E-state index in [0.29, 0.717) is 24.5 Å². The highest BCUT2D eigenvalue weighted by Crippen LogP contribution is 2.43. The van der Waals surface area contributed by atoms with Gasteiger partial charge in [0.15, 0.2) is 5.13 Å². The van der Waals surface area contributed by atoms with Crippen molar-refractivity contribution in [3.8, 4) is 5.75 Å². The van der Waals surface area contributed by atoms with E-state index in [0.717, 1.165) is 27.7 Å². The first kappa shape index (κ1) is 19.8. The molecule has 0 saturated carbocycles. The second-order valence-corrected chi connectivity index (χ2v) is 7.82. The van der Waals surface area contributed by atoms with Crippen LogP contribution in [-0.4, -0.2) is 39.2 Å². The lowest BCUT2D eigenvalue weighted by Crippen LogP contribution is -2.22. The van der Waals surface area contributed by atoms with Crippen LogP contribution in [0.25, 0.3) is 0 Å². The van der Waals surface area contributed by atoms with E-state index in [-0.39, 0.29) is 17.5 Å². The molecule has 2 N–H and O–H groups in total. The molecule has 1 atom stereocenters. The van der Waals surface area contributed by atoms with Gasteiger partial charge in [0, 0.05) is 24.4 Å². The molecule has 2 aromatic heterocycles. The first-order valence-corrected chi connectivity index (χ1v) is 10.2. The minimum absolute atomic E-state index is 0.0701. The summed E-state index contributed by atoms with van der Waals surface area (Å²) in [5, 5.41) is 21.8. The van der Waals surface area contributed by atoms with Gasteiger partial charge in [0.2, 0.25) is 5.91 Å². The number of nitro groups is 1. The molecule has 156 valence electrons. The third-order valence-electron chi connectivity index (χ3n) is 4.81. The van der Waals surface area contributed by atoms with E-state index in [1.54, 1.807) is 7.11 Å². The molecule has 4 rings (SSSR count). The molecule has 30 heavy (non-hydrogen) atoms. The minimum Gasteiger partial charge on any atom is -0.496 e. The summed E-state index contributed by atoms with van der Waals surface area (Å²) in [5.74, 6) is 1.03. The summed E-state index contributed by atoms with van der Waals surface area (Å²) in [7, 11) is 1.57. The summed E-state index contributed by atoms with van der Waals surface area (Å²) >= 11 is 1.53. The van der Waals surface area contributed by atoms with Crippen molar-refractivity contribution in [2.24, 2.45) is 0 Å². The fourth-order valence-corrected chi connectivity index (χ4v) is 4.58. The molecule has 3 aromatic rings. The molecule has 0 unspecified atom stereocenters. The summed E-state index contributed by atoms with van der Waals surface area (Å²) < 4.78 is 6.96. The van der Waals surface area contributed by atoms with Crippen LogP contribution in [0.15, 0.2) is 30.6 Å². The molecule has 0 saturated heterocycles. The number of aromatic nitrogens is 3. The summed E-state index contributed by atoms with van der Waals surface area (Å²) in [6, 6.07) is 5.75. The molecule has 0 bridgehead atoms. The van der Waals surface area contributed by atoms with Crippen molar-refractivity contribution in [1.82, 2.24) is 14.8 Å². The summed E-state index contributed by atoms with van der Waals surface area (Å²) in [6.07, 6.45) is 2.91. The molecule has 1 amide bonds. The van der Waals surface area contributed by atoms with Gasteiger partial charge in [-0.3, -0.25) is 19.6 Å². The number of hydrogen-bond acceptors (Lipinski definition) is 8. The number of hydrogen-bond donors (Lipinski definition) is 2. The van der Waals surface area contributed by atoms with Crippen LogP contribution in [0, 0.1) is 10.1 Å². The third-order valence-corrected chi connectivity index (χ3v) is 5.94. The van der Waals surface area contributed by atoms with Crippen molar-refractivity contribution in [1.29, 1.82) is 0 Å². The SMILES string of the molecule is CCNc1nc2c(s1)[C@@H](c1ccc(OC)c(Cn3cc([N+](=O)[O-])cn3)c1)CC(=O)N2. The predicted molar refractivity (Wildman–Crippen MR) is 112 cm³/mol. The number of ether oxygens (including phenoxy) is 1. The molecule has 3 heterocycles. The molecular weight excluding hydrogens is 408 g/mol. The first-order chi connectivity index (χ1) is 14.5. The average Bonchev–Trinajstić information content (AvgIpc) is 3.34. The second kappa shape index (κ2) is 8.11. The number of amides is 1. The second-order valence-electron chi connectivity index (χ2n) is 6.79. The van der Waals surface area contributed by atoms with E-state index < -0.39 is 4.92 Å². The molecular formula is C19H20N6O4S.